The fourth-order valence-corrected chi connectivity index (χ4v) is 6.69. The van der Waals surface area contributed by atoms with Gasteiger partial charge in [-0.2, -0.15) is 5.21 Å². The van der Waals surface area contributed by atoms with E-state index in [-0.39, 0.29) is 93.9 Å². The number of Topliss-reactive ketones (excluding diaryl/α,β-unsaturated/α-hetero) is 3. The van der Waals surface area contributed by atoms with E-state index in [0.29, 0.717) is 64.9 Å². The molecule has 0 bridgehead atoms. The normalized spacial score (nSPS) is 12.2. The highest BCUT2D eigenvalue weighted by Gasteiger charge is 2.21. The number of tetrazole rings is 1. The van der Waals surface area contributed by atoms with Crippen molar-refractivity contribution >= 4 is 35.1 Å². The van der Waals surface area contributed by atoms with Crippen molar-refractivity contribution in [3.05, 3.63) is 5.82 Å². The predicted octanol–water partition coefficient (Wildman–Crippen LogP) is 3.75. The summed E-state index contributed by atoms with van der Waals surface area (Å²) in [4.78, 5) is 71.8. The number of nitrogens with one attached hydrogen (secondary N) is 4. The van der Waals surface area contributed by atoms with Crippen LogP contribution >= 0.6 is 0 Å². The van der Waals surface area contributed by atoms with Crippen LogP contribution in [0, 0.1) is 0 Å². The highest BCUT2D eigenvalue weighted by molar-refractivity contribution is 5.85. The molecule has 0 aliphatic carbocycles. The summed E-state index contributed by atoms with van der Waals surface area (Å²) >= 11 is 0. The maximum Gasteiger partial charge on any atom is 0.326 e. The summed E-state index contributed by atoms with van der Waals surface area (Å²) in [5.74, 6) is -1.29. The Balaban J connectivity index is 1.89. The summed E-state index contributed by atoms with van der Waals surface area (Å²) in [6.07, 6.45) is 19.7. The number of ether oxygens (including phenoxy) is 4. The van der Waals surface area contributed by atoms with Crippen LogP contribution in [0.4, 0.5) is 0 Å². The van der Waals surface area contributed by atoms with Gasteiger partial charge in [-0.3, -0.25) is 24.0 Å². The lowest BCUT2D eigenvalue weighted by atomic mass is 10.0. The number of carbonyl (C=O) groups is 6. The average molecular weight is 898 g/mol. The summed E-state index contributed by atoms with van der Waals surface area (Å²) in [6, 6.07) is -1.47. The number of aromatic nitrogens is 4. The van der Waals surface area contributed by atoms with Crippen molar-refractivity contribution in [2.75, 3.05) is 73.1 Å². The van der Waals surface area contributed by atoms with E-state index < -0.39 is 18.6 Å². The van der Waals surface area contributed by atoms with Crippen molar-refractivity contribution in [1.29, 1.82) is 0 Å². The second-order valence-corrected chi connectivity index (χ2v) is 15.8. The molecular formula is C44H79N7O12. The van der Waals surface area contributed by atoms with Gasteiger partial charge in [-0.25, -0.2) is 4.79 Å². The summed E-state index contributed by atoms with van der Waals surface area (Å²) in [5, 5.41) is 40.7. The van der Waals surface area contributed by atoms with Crippen LogP contribution in [0.1, 0.15) is 154 Å². The van der Waals surface area contributed by atoms with Gasteiger partial charge in [0.1, 0.15) is 31.6 Å². The molecule has 0 fully saturated rings. The summed E-state index contributed by atoms with van der Waals surface area (Å²) < 4.78 is 21.6. The molecule has 6 N–H and O–H groups in total. The second-order valence-electron chi connectivity index (χ2n) is 15.8. The van der Waals surface area contributed by atoms with Crippen molar-refractivity contribution < 1.29 is 57.9 Å². The van der Waals surface area contributed by atoms with Gasteiger partial charge in [0.05, 0.1) is 32.5 Å². The topological polar surface area (TPSA) is 270 Å². The Bertz CT molecular complexity index is 1340. The number of H-pyrrole nitrogens is 1. The SMILES string of the molecule is CN[C@@H](CCCCNC(=O)COCCOCCCC(=O)COCCOCCCC(=O)CC[C@H](NC(=O)CCCCCCCCCCCCCCCc1nn[nH]n1)C(=O)O)C(=O)CO. The summed E-state index contributed by atoms with van der Waals surface area (Å²) in [5.41, 5.74) is 0. The number of carboxylic acids is 1. The van der Waals surface area contributed by atoms with Gasteiger partial charge in [0.25, 0.3) is 0 Å². The molecule has 0 spiro atoms. The number of likely N-dealkylation sites (N-methyl/N-ethyl adjacent to an activating group) is 1. The van der Waals surface area contributed by atoms with Gasteiger partial charge < -0.3 is 45.1 Å². The number of aryl methyl sites for hydroxylation is 1. The summed E-state index contributed by atoms with van der Waals surface area (Å²) in [7, 11) is 1.67. The lowest BCUT2D eigenvalue weighted by Crippen LogP contribution is -2.41. The van der Waals surface area contributed by atoms with Gasteiger partial charge >= 0.3 is 5.97 Å². The van der Waals surface area contributed by atoms with E-state index in [2.05, 4.69) is 36.6 Å². The molecule has 0 aromatic carbocycles. The number of hydrogen-bond acceptors (Lipinski definition) is 15. The fourth-order valence-electron chi connectivity index (χ4n) is 6.69. The first-order valence-corrected chi connectivity index (χ1v) is 23.3. The number of aromatic amines is 1. The van der Waals surface area contributed by atoms with Crippen LogP contribution in [-0.2, 0) is 54.1 Å². The van der Waals surface area contributed by atoms with Gasteiger partial charge in [-0.15, -0.1) is 10.2 Å². The number of rotatable bonds is 47. The van der Waals surface area contributed by atoms with E-state index in [9.17, 15) is 33.9 Å². The molecule has 1 aromatic rings. The third-order valence-corrected chi connectivity index (χ3v) is 10.4. The first-order valence-electron chi connectivity index (χ1n) is 23.3. The van der Waals surface area contributed by atoms with E-state index in [1.807, 2.05) is 0 Å². The van der Waals surface area contributed by atoms with Gasteiger partial charge in [-0.1, -0.05) is 75.8 Å². The minimum Gasteiger partial charge on any atom is -0.480 e. The Hall–Kier alpha value is -3.75. The zero-order valence-corrected chi connectivity index (χ0v) is 38.0. The molecule has 1 rings (SSSR count). The molecule has 0 aliphatic rings. The predicted molar refractivity (Wildman–Crippen MR) is 235 cm³/mol. The van der Waals surface area contributed by atoms with Crippen molar-refractivity contribution in [2.45, 2.75) is 166 Å². The number of amides is 2. The Morgan fingerprint density at radius 1 is 0.587 bits per heavy atom. The molecule has 19 heteroatoms. The number of aliphatic hydroxyl groups excluding tert-OH is 1. The minimum absolute atomic E-state index is 0.0353. The average Bonchev–Trinajstić information content (AvgIpc) is 3.80. The second kappa shape index (κ2) is 41.0. The first kappa shape index (κ1) is 57.3. The summed E-state index contributed by atoms with van der Waals surface area (Å²) in [6.45, 7) is 1.59. The molecule has 0 aliphatic heterocycles. The Morgan fingerprint density at radius 2 is 1.16 bits per heavy atom. The van der Waals surface area contributed by atoms with Crippen LogP contribution in [0.15, 0.2) is 0 Å². The number of carboxylic acid groups (broad SMARTS) is 1. The number of aliphatic hydroxyl groups is 1. The van der Waals surface area contributed by atoms with Crippen molar-refractivity contribution in [2.24, 2.45) is 0 Å². The van der Waals surface area contributed by atoms with Crippen LogP contribution in [0.5, 0.6) is 0 Å². The molecule has 0 unspecified atom stereocenters. The molecule has 63 heavy (non-hydrogen) atoms. The smallest absolute Gasteiger partial charge is 0.326 e. The molecule has 2 amide bonds. The molecule has 1 aromatic heterocycles. The number of carbonyl (C=O) groups excluding carboxylic acids is 5. The molecular weight excluding hydrogens is 819 g/mol. The standard InChI is InChI=1S/C44H79N7O12/c1-45-38(40(55)33-52)21-15-16-26-46-43(57)35-63-32-30-61-28-18-20-37(54)34-62-31-29-60-27-17-19-36(53)24-25-39(44(58)59)47-42(56)23-14-12-10-8-6-4-2-3-5-7-9-11-13-22-41-48-50-51-49-41/h38-39,45,52H,2-35H2,1H3,(H,46,57)(H,47,56)(H,58,59)(H,48,49,50,51)/t38-,39-/m0/s1. The first-order chi connectivity index (χ1) is 30.7. The highest BCUT2D eigenvalue weighted by Crippen LogP contribution is 2.14. The highest BCUT2D eigenvalue weighted by atomic mass is 16.5. The van der Waals surface area contributed by atoms with Crippen molar-refractivity contribution in [3.63, 3.8) is 0 Å². The third kappa shape index (κ3) is 35.3. The van der Waals surface area contributed by atoms with Crippen LogP contribution in [0.3, 0.4) is 0 Å². The van der Waals surface area contributed by atoms with Gasteiger partial charge in [0, 0.05) is 51.9 Å². The Kier molecular flexibility index (Phi) is 37.3. The van der Waals surface area contributed by atoms with Crippen molar-refractivity contribution in [1.82, 2.24) is 36.6 Å². The third-order valence-electron chi connectivity index (χ3n) is 10.4. The van der Waals surface area contributed by atoms with Gasteiger partial charge in [0.15, 0.2) is 17.4 Å². The van der Waals surface area contributed by atoms with E-state index in [4.69, 9.17) is 24.1 Å². The van der Waals surface area contributed by atoms with E-state index in [1.165, 1.54) is 51.4 Å². The number of aliphatic carboxylic acids is 1. The van der Waals surface area contributed by atoms with Crippen LogP contribution in [-0.4, -0.2) is 151 Å². The number of hydrogen-bond donors (Lipinski definition) is 6. The molecule has 2 atom stereocenters. The van der Waals surface area contributed by atoms with Gasteiger partial charge in [-0.05, 0) is 58.4 Å². The van der Waals surface area contributed by atoms with E-state index in [0.717, 1.165) is 44.3 Å². The lowest BCUT2D eigenvalue weighted by molar-refractivity contribution is -0.142. The molecule has 0 radical (unpaired) electrons. The van der Waals surface area contributed by atoms with Crippen LogP contribution < -0.4 is 16.0 Å². The monoisotopic (exact) mass is 898 g/mol. The number of nitrogens with zero attached hydrogens (tertiary/aromatic N) is 3. The zero-order chi connectivity index (χ0) is 46.0. The molecule has 0 saturated carbocycles. The quantitative estimate of drug-likeness (QED) is 0.0509. The molecule has 1 heterocycles. The molecule has 0 saturated heterocycles. The zero-order valence-electron chi connectivity index (χ0n) is 38.0. The number of ketones is 3. The maximum atomic E-state index is 12.4. The fraction of sp³-hybridized carbons (Fsp3) is 0.841. The Labute approximate surface area is 374 Å². The van der Waals surface area contributed by atoms with Crippen LogP contribution in [0.25, 0.3) is 0 Å². The minimum atomic E-state index is -1.15. The Morgan fingerprint density at radius 3 is 1.73 bits per heavy atom. The molecule has 362 valence electrons. The lowest BCUT2D eigenvalue weighted by Gasteiger charge is -2.14. The van der Waals surface area contributed by atoms with Crippen LogP contribution in [0.2, 0.25) is 0 Å². The number of unbranched alkanes of at least 4 members (excludes halogenated alkanes) is 13. The van der Waals surface area contributed by atoms with E-state index >= 15 is 0 Å². The van der Waals surface area contributed by atoms with E-state index in [1.54, 1.807) is 7.05 Å². The van der Waals surface area contributed by atoms with Gasteiger partial charge in [0.2, 0.25) is 11.8 Å². The maximum absolute atomic E-state index is 12.4. The largest absolute Gasteiger partial charge is 0.480 e. The molecule has 19 nitrogen and oxygen atoms in total. The van der Waals surface area contributed by atoms with Crippen molar-refractivity contribution in [3.8, 4) is 0 Å².